The first-order chi connectivity index (χ1) is 23.7. The number of piperazine rings is 1. The molecule has 3 heterocycles. The first-order valence-corrected chi connectivity index (χ1v) is 21.0. The van der Waals surface area contributed by atoms with E-state index < -0.39 is 31.6 Å². The predicted molar refractivity (Wildman–Crippen MR) is 195 cm³/mol. The molecule has 1 aliphatic rings. The lowest BCUT2D eigenvalue weighted by atomic mass is 10.0. The van der Waals surface area contributed by atoms with Crippen LogP contribution in [-0.2, 0) is 34.0 Å². The minimum absolute atomic E-state index is 0.0397. The Kier molecular flexibility index (Phi) is 12.0. The smallest absolute Gasteiger partial charge is 0.408 e. The summed E-state index contributed by atoms with van der Waals surface area (Å²) in [6.45, 7) is 16.5. The molecule has 2 amide bonds. The van der Waals surface area contributed by atoms with Crippen molar-refractivity contribution in [1.29, 1.82) is 0 Å². The molecule has 0 spiro atoms. The molecule has 10 nitrogen and oxygen atoms in total. The molecule has 1 saturated heterocycles. The highest BCUT2D eigenvalue weighted by molar-refractivity contribution is 6.76. The number of fused-ring (bicyclic) bond motifs is 1. The summed E-state index contributed by atoms with van der Waals surface area (Å²) in [6.07, 6.45) is 2.90. The molecule has 1 aliphatic heterocycles. The zero-order chi connectivity index (χ0) is 35.9. The third kappa shape index (κ3) is 10.6. The standard InChI is InChI=1S/C38H50FN5O5Si/c1-38(2,3)49-37(46)41-32(36(45)43-20-18-42(19-21-43)26-28-10-8-7-9-11-28)25-29-12-13-34(31(39)24-29)48-33-14-16-40-35-30(33)15-17-44(35)27-47-22-23-50(4,5)6/h7-17,24,32H,18-23,25-27H2,1-6H3,(H,41,46)/t32-/m0/s1. The van der Waals surface area contributed by atoms with Gasteiger partial charge < -0.3 is 29.0 Å². The molecule has 268 valence electrons. The molecule has 12 heteroatoms. The van der Waals surface area contributed by atoms with Crippen LogP contribution in [0.25, 0.3) is 11.0 Å². The number of ether oxygens (including phenoxy) is 3. The van der Waals surface area contributed by atoms with E-state index in [9.17, 15) is 9.59 Å². The highest BCUT2D eigenvalue weighted by Gasteiger charge is 2.31. The van der Waals surface area contributed by atoms with Crippen molar-refractivity contribution in [3.63, 3.8) is 0 Å². The minimum atomic E-state index is -1.20. The van der Waals surface area contributed by atoms with Gasteiger partial charge in [0.05, 0.1) is 5.39 Å². The Morgan fingerprint density at radius 1 is 0.960 bits per heavy atom. The van der Waals surface area contributed by atoms with Gasteiger partial charge in [-0.3, -0.25) is 9.69 Å². The number of rotatable bonds is 13. The van der Waals surface area contributed by atoms with Crippen LogP contribution in [0.2, 0.25) is 25.7 Å². The normalized spacial score (nSPS) is 14.8. The Labute approximate surface area is 295 Å². The summed E-state index contributed by atoms with van der Waals surface area (Å²) >= 11 is 0. The maximum atomic E-state index is 15.6. The summed E-state index contributed by atoms with van der Waals surface area (Å²) in [5, 5.41) is 3.49. The predicted octanol–water partition coefficient (Wildman–Crippen LogP) is 7.06. The van der Waals surface area contributed by atoms with Crippen LogP contribution in [0.3, 0.4) is 0 Å². The average molecular weight is 704 g/mol. The van der Waals surface area contributed by atoms with Gasteiger partial charge in [0, 0.05) is 66.2 Å². The third-order valence-corrected chi connectivity index (χ3v) is 10.1. The molecule has 4 aromatic rings. The Morgan fingerprint density at radius 2 is 1.70 bits per heavy atom. The van der Waals surface area contributed by atoms with Crippen molar-refractivity contribution in [1.82, 2.24) is 24.7 Å². The van der Waals surface area contributed by atoms with Crippen molar-refractivity contribution in [2.24, 2.45) is 0 Å². The highest BCUT2D eigenvalue weighted by atomic mass is 28.3. The van der Waals surface area contributed by atoms with Crippen LogP contribution in [-0.4, -0.2) is 83.9 Å². The first-order valence-electron chi connectivity index (χ1n) is 17.3. The maximum Gasteiger partial charge on any atom is 0.408 e. The van der Waals surface area contributed by atoms with Crippen LogP contribution >= 0.6 is 0 Å². The van der Waals surface area contributed by atoms with E-state index in [1.165, 1.54) is 11.6 Å². The number of amides is 2. The van der Waals surface area contributed by atoms with Crippen molar-refractivity contribution in [2.45, 2.75) is 77.8 Å². The first kappa shape index (κ1) is 37.0. The second-order valence-electron chi connectivity index (χ2n) is 15.0. The number of carbonyl (C=O) groups is 2. The fraction of sp³-hybridized carbons (Fsp3) is 0.447. The number of nitrogens with one attached hydrogen (secondary N) is 1. The molecule has 0 saturated carbocycles. The number of nitrogens with zero attached hydrogens (tertiary/aromatic N) is 4. The number of pyridine rings is 1. The summed E-state index contributed by atoms with van der Waals surface area (Å²) < 4.78 is 34.9. The number of carbonyl (C=O) groups excluding carboxylic acids is 2. The fourth-order valence-corrected chi connectivity index (χ4v) is 6.50. The largest absolute Gasteiger partial charge is 0.453 e. The number of halogens is 1. The van der Waals surface area contributed by atoms with Crippen molar-refractivity contribution in [2.75, 3.05) is 32.8 Å². The third-order valence-electron chi connectivity index (χ3n) is 8.43. The number of aromatic nitrogens is 2. The van der Waals surface area contributed by atoms with E-state index in [0.717, 1.165) is 18.0 Å². The zero-order valence-corrected chi connectivity index (χ0v) is 31.1. The Hall–Kier alpha value is -4.26. The number of hydrogen-bond donors (Lipinski definition) is 1. The van der Waals surface area contributed by atoms with E-state index >= 15 is 4.39 Å². The number of benzene rings is 2. The van der Waals surface area contributed by atoms with E-state index in [2.05, 4.69) is 47.0 Å². The van der Waals surface area contributed by atoms with E-state index in [0.29, 0.717) is 56.5 Å². The van der Waals surface area contributed by atoms with Gasteiger partial charge in [-0.1, -0.05) is 56.0 Å². The Bertz CT molecular complexity index is 1750. The second kappa shape index (κ2) is 16.2. The molecular weight excluding hydrogens is 654 g/mol. The molecule has 0 radical (unpaired) electrons. The van der Waals surface area contributed by atoms with Gasteiger partial charge in [-0.05, 0) is 62.2 Å². The molecule has 1 fully saturated rings. The van der Waals surface area contributed by atoms with Gasteiger partial charge in [0.1, 0.15) is 29.8 Å². The maximum absolute atomic E-state index is 15.6. The molecule has 0 bridgehead atoms. The monoisotopic (exact) mass is 703 g/mol. The van der Waals surface area contributed by atoms with Crippen LogP contribution in [0.4, 0.5) is 9.18 Å². The summed E-state index contributed by atoms with van der Waals surface area (Å²) in [6, 6.07) is 18.5. The zero-order valence-electron chi connectivity index (χ0n) is 30.1. The van der Waals surface area contributed by atoms with E-state index in [1.807, 2.05) is 35.0 Å². The van der Waals surface area contributed by atoms with Gasteiger partial charge in [-0.25, -0.2) is 14.2 Å². The van der Waals surface area contributed by atoms with Crippen LogP contribution in [0, 0.1) is 5.82 Å². The lowest BCUT2D eigenvalue weighted by Gasteiger charge is -2.36. The number of hydrogen-bond acceptors (Lipinski definition) is 7. The van der Waals surface area contributed by atoms with Gasteiger partial charge in [0.15, 0.2) is 11.6 Å². The molecule has 2 aromatic heterocycles. The molecule has 5 rings (SSSR count). The van der Waals surface area contributed by atoms with Crippen LogP contribution in [0.15, 0.2) is 73.1 Å². The molecule has 50 heavy (non-hydrogen) atoms. The van der Waals surface area contributed by atoms with Gasteiger partial charge >= 0.3 is 6.09 Å². The van der Waals surface area contributed by atoms with Gasteiger partial charge in [-0.15, -0.1) is 0 Å². The molecule has 1 atom stereocenters. The topological polar surface area (TPSA) is 98.2 Å². The van der Waals surface area contributed by atoms with Gasteiger partial charge in [-0.2, -0.15) is 0 Å². The SMILES string of the molecule is CC(C)(C)OC(=O)N[C@@H](Cc1ccc(Oc2ccnc3c2ccn3COCC[Si](C)(C)C)c(F)c1)C(=O)N1CCN(Cc2ccccc2)CC1. The quantitative estimate of drug-likeness (QED) is 0.118. The summed E-state index contributed by atoms with van der Waals surface area (Å²) in [7, 11) is -1.20. The van der Waals surface area contributed by atoms with E-state index in [1.54, 1.807) is 50.1 Å². The molecule has 2 aromatic carbocycles. The second-order valence-corrected chi connectivity index (χ2v) is 20.7. The van der Waals surface area contributed by atoms with Crippen molar-refractivity contribution in [3.8, 4) is 11.5 Å². The Balaban J connectivity index is 1.25. The van der Waals surface area contributed by atoms with Crippen LogP contribution in [0.1, 0.15) is 31.9 Å². The summed E-state index contributed by atoms with van der Waals surface area (Å²) in [5.74, 6) is -0.310. The van der Waals surface area contributed by atoms with Crippen molar-refractivity contribution >= 4 is 31.1 Å². The minimum Gasteiger partial charge on any atom is -0.453 e. The Morgan fingerprint density at radius 3 is 2.38 bits per heavy atom. The van der Waals surface area contributed by atoms with E-state index in [4.69, 9.17) is 14.2 Å². The van der Waals surface area contributed by atoms with Crippen LogP contribution < -0.4 is 10.1 Å². The average Bonchev–Trinajstić information content (AvgIpc) is 3.47. The van der Waals surface area contributed by atoms with Gasteiger partial charge in [0.25, 0.3) is 0 Å². The lowest BCUT2D eigenvalue weighted by molar-refractivity contribution is -0.135. The lowest BCUT2D eigenvalue weighted by Crippen LogP contribution is -2.55. The fourth-order valence-electron chi connectivity index (χ4n) is 5.75. The highest BCUT2D eigenvalue weighted by Crippen LogP contribution is 2.31. The van der Waals surface area contributed by atoms with E-state index in [-0.39, 0.29) is 18.1 Å². The summed E-state index contributed by atoms with van der Waals surface area (Å²) in [5.41, 5.74) is 1.69. The van der Waals surface area contributed by atoms with Crippen LogP contribution in [0.5, 0.6) is 11.5 Å². The number of alkyl carbamates (subject to hydrolysis) is 1. The molecule has 1 N–H and O–H groups in total. The summed E-state index contributed by atoms with van der Waals surface area (Å²) in [4.78, 5) is 35.2. The van der Waals surface area contributed by atoms with Gasteiger partial charge in [0.2, 0.25) is 5.91 Å². The van der Waals surface area contributed by atoms with Crippen molar-refractivity contribution in [3.05, 3.63) is 90.0 Å². The molecular formula is C38H50FN5O5Si. The van der Waals surface area contributed by atoms with Crippen molar-refractivity contribution < 1.29 is 28.2 Å². The molecule has 0 unspecified atom stereocenters. The molecule has 0 aliphatic carbocycles.